The second kappa shape index (κ2) is 6.49. The summed E-state index contributed by atoms with van der Waals surface area (Å²) in [4.78, 5) is 6.44. The first-order valence-electron chi connectivity index (χ1n) is 6.83. The Morgan fingerprint density at radius 3 is 3.00 bits per heavy atom. The van der Waals surface area contributed by atoms with Crippen molar-refractivity contribution in [3.63, 3.8) is 0 Å². The monoisotopic (exact) mass is 281 g/mol. The molecule has 1 aromatic heterocycles. The van der Waals surface area contributed by atoms with Gasteiger partial charge in [-0.2, -0.15) is 0 Å². The van der Waals surface area contributed by atoms with E-state index in [0.29, 0.717) is 31.3 Å². The Bertz CT molecular complexity index is 443. The third-order valence-corrected chi connectivity index (χ3v) is 4.00. The van der Waals surface area contributed by atoms with Crippen LogP contribution in [0.25, 0.3) is 0 Å². The maximum Gasteiger partial charge on any atom is 0.126 e. The van der Waals surface area contributed by atoms with Gasteiger partial charge in [-0.1, -0.05) is 6.07 Å². The van der Waals surface area contributed by atoms with Gasteiger partial charge in [0.25, 0.3) is 0 Å². The van der Waals surface area contributed by atoms with Crippen LogP contribution in [0.2, 0.25) is 0 Å². The van der Waals surface area contributed by atoms with Crippen LogP contribution in [0.1, 0.15) is 12.6 Å². The minimum absolute atomic E-state index is 0.0144. The number of nitrogens with zero attached hydrogens (tertiary/aromatic N) is 2. The number of likely N-dealkylation sites (N-methyl/N-ethyl adjacent to an activating group) is 1. The quantitative estimate of drug-likeness (QED) is 0.709. The predicted molar refractivity (Wildman–Crippen MR) is 76.5 cm³/mol. The normalized spacial score (nSPS) is 27.5. The van der Waals surface area contributed by atoms with Gasteiger partial charge in [-0.15, -0.1) is 0 Å². The number of aliphatic hydroxyl groups excluding tert-OH is 2. The zero-order valence-electron chi connectivity index (χ0n) is 12.0. The maximum atomic E-state index is 9.79. The highest BCUT2D eigenvalue weighted by molar-refractivity contribution is 5.36. The summed E-state index contributed by atoms with van der Waals surface area (Å²) in [5.41, 5.74) is 0.170. The van der Waals surface area contributed by atoms with Gasteiger partial charge in [0.15, 0.2) is 0 Å². The fourth-order valence-corrected chi connectivity index (χ4v) is 2.41. The van der Waals surface area contributed by atoms with E-state index in [0.717, 1.165) is 0 Å². The first-order valence-corrected chi connectivity index (χ1v) is 6.83. The highest BCUT2D eigenvalue weighted by atomic mass is 16.5. The van der Waals surface area contributed by atoms with Crippen LogP contribution in [-0.4, -0.2) is 65.1 Å². The van der Waals surface area contributed by atoms with E-state index in [1.54, 1.807) is 6.07 Å². The number of hydrogen-bond donors (Lipinski definition) is 3. The molecule has 2 heterocycles. The summed E-state index contributed by atoms with van der Waals surface area (Å²) in [5.74, 6) is 0.691. The molecule has 2 rings (SSSR count). The predicted octanol–water partition coefficient (Wildman–Crippen LogP) is 0.0674. The number of ether oxygens (including phenoxy) is 1. The molecular weight excluding hydrogens is 258 g/mol. The first kappa shape index (κ1) is 15.2. The molecule has 0 aromatic carbocycles. The Balaban J connectivity index is 2.06. The van der Waals surface area contributed by atoms with E-state index in [9.17, 15) is 5.11 Å². The third-order valence-electron chi connectivity index (χ3n) is 4.00. The zero-order valence-corrected chi connectivity index (χ0v) is 12.0. The molecule has 1 fully saturated rings. The second-order valence-electron chi connectivity index (χ2n) is 5.38. The van der Waals surface area contributed by atoms with Crippen LogP contribution in [0.3, 0.4) is 0 Å². The average molecular weight is 281 g/mol. The Morgan fingerprint density at radius 1 is 1.50 bits per heavy atom. The lowest BCUT2D eigenvalue weighted by Crippen LogP contribution is -2.64. The van der Waals surface area contributed by atoms with Crippen molar-refractivity contribution >= 4 is 5.82 Å². The van der Waals surface area contributed by atoms with Gasteiger partial charge in [0.05, 0.1) is 37.7 Å². The number of pyridine rings is 1. The molecule has 0 bridgehead atoms. The van der Waals surface area contributed by atoms with Crippen molar-refractivity contribution in [2.24, 2.45) is 0 Å². The maximum absolute atomic E-state index is 9.79. The van der Waals surface area contributed by atoms with E-state index < -0.39 is 5.54 Å². The van der Waals surface area contributed by atoms with Crippen LogP contribution < -0.4 is 5.32 Å². The minimum Gasteiger partial charge on any atom is -0.394 e. The summed E-state index contributed by atoms with van der Waals surface area (Å²) in [6.45, 7) is 3.70. The van der Waals surface area contributed by atoms with Gasteiger partial charge >= 0.3 is 0 Å². The van der Waals surface area contributed by atoms with Crippen LogP contribution in [-0.2, 0) is 11.3 Å². The first-order chi connectivity index (χ1) is 9.61. The Hall–Kier alpha value is -1.21. The van der Waals surface area contributed by atoms with E-state index in [2.05, 4.69) is 22.1 Å². The SMILES string of the molecule is C[C@@H]1COC[C@@](CO)(CNc2cccc(CO)n2)N1C. The van der Waals surface area contributed by atoms with Crippen molar-refractivity contribution < 1.29 is 14.9 Å². The van der Waals surface area contributed by atoms with Crippen molar-refractivity contribution in [2.75, 3.05) is 38.7 Å². The number of anilines is 1. The van der Waals surface area contributed by atoms with E-state index in [1.807, 2.05) is 19.2 Å². The largest absolute Gasteiger partial charge is 0.394 e. The van der Waals surface area contributed by atoms with Crippen LogP contribution in [0, 0.1) is 0 Å². The second-order valence-corrected chi connectivity index (χ2v) is 5.38. The molecule has 0 amide bonds. The molecule has 0 radical (unpaired) electrons. The number of aliphatic hydroxyl groups is 2. The van der Waals surface area contributed by atoms with Gasteiger partial charge in [-0.3, -0.25) is 4.90 Å². The number of aromatic nitrogens is 1. The fourth-order valence-electron chi connectivity index (χ4n) is 2.41. The van der Waals surface area contributed by atoms with Crippen LogP contribution in [0.4, 0.5) is 5.82 Å². The molecule has 6 heteroatoms. The van der Waals surface area contributed by atoms with E-state index >= 15 is 0 Å². The number of hydrogen-bond acceptors (Lipinski definition) is 6. The highest BCUT2D eigenvalue weighted by Crippen LogP contribution is 2.22. The third kappa shape index (κ3) is 3.09. The standard InChI is InChI=1S/C14H23N3O3/c1-11-7-20-10-14(9-19,17(11)2)8-15-13-5-3-4-12(6-18)16-13/h3-5,11,18-19H,6-10H2,1-2H3,(H,15,16)/t11-,14+/m1/s1. The van der Waals surface area contributed by atoms with Crippen molar-refractivity contribution in [2.45, 2.75) is 25.1 Å². The summed E-state index contributed by atoms with van der Waals surface area (Å²) < 4.78 is 5.59. The van der Waals surface area contributed by atoms with E-state index in [4.69, 9.17) is 9.84 Å². The molecule has 1 aliphatic heterocycles. The number of nitrogens with one attached hydrogen (secondary N) is 1. The Morgan fingerprint density at radius 2 is 2.30 bits per heavy atom. The molecular formula is C14H23N3O3. The molecule has 1 aliphatic rings. The van der Waals surface area contributed by atoms with Crippen molar-refractivity contribution in [3.8, 4) is 0 Å². The highest BCUT2D eigenvalue weighted by Gasteiger charge is 2.40. The molecule has 20 heavy (non-hydrogen) atoms. The Kier molecular flexibility index (Phi) is 4.93. The Labute approximate surface area is 119 Å². The summed E-state index contributed by atoms with van der Waals surface area (Å²) in [6.07, 6.45) is 0. The minimum atomic E-state index is -0.450. The van der Waals surface area contributed by atoms with Gasteiger partial charge in [0, 0.05) is 12.6 Å². The molecule has 0 aliphatic carbocycles. The van der Waals surface area contributed by atoms with Gasteiger partial charge in [0.2, 0.25) is 0 Å². The summed E-state index contributed by atoms with van der Waals surface area (Å²) in [5, 5.41) is 22.1. The van der Waals surface area contributed by atoms with E-state index in [1.165, 1.54) is 0 Å². The molecule has 2 atom stereocenters. The molecule has 6 nitrogen and oxygen atoms in total. The van der Waals surface area contributed by atoms with Crippen LogP contribution in [0.15, 0.2) is 18.2 Å². The number of rotatable bonds is 5. The average Bonchev–Trinajstić information content (AvgIpc) is 2.49. The fraction of sp³-hybridized carbons (Fsp3) is 0.643. The molecule has 3 N–H and O–H groups in total. The van der Waals surface area contributed by atoms with Gasteiger partial charge in [0.1, 0.15) is 5.82 Å². The van der Waals surface area contributed by atoms with Crippen LogP contribution >= 0.6 is 0 Å². The molecule has 1 aromatic rings. The molecule has 0 spiro atoms. The van der Waals surface area contributed by atoms with Crippen LogP contribution in [0.5, 0.6) is 0 Å². The van der Waals surface area contributed by atoms with Gasteiger partial charge in [-0.05, 0) is 26.1 Å². The molecule has 0 unspecified atom stereocenters. The lowest BCUT2D eigenvalue weighted by Gasteiger charge is -2.47. The zero-order chi connectivity index (χ0) is 14.6. The summed E-state index contributed by atoms with van der Waals surface area (Å²) in [7, 11) is 2.00. The number of morpholine rings is 1. The van der Waals surface area contributed by atoms with Crippen molar-refractivity contribution in [3.05, 3.63) is 23.9 Å². The molecule has 112 valence electrons. The lowest BCUT2D eigenvalue weighted by molar-refractivity contribution is -0.101. The summed E-state index contributed by atoms with van der Waals surface area (Å²) >= 11 is 0. The van der Waals surface area contributed by atoms with E-state index in [-0.39, 0.29) is 19.3 Å². The van der Waals surface area contributed by atoms with Crippen molar-refractivity contribution in [1.29, 1.82) is 0 Å². The van der Waals surface area contributed by atoms with Gasteiger partial charge in [-0.25, -0.2) is 4.98 Å². The molecule has 1 saturated heterocycles. The topological polar surface area (TPSA) is 77.8 Å². The molecule has 0 saturated carbocycles. The smallest absolute Gasteiger partial charge is 0.126 e. The lowest BCUT2D eigenvalue weighted by atomic mass is 9.96. The van der Waals surface area contributed by atoms with Crippen molar-refractivity contribution in [1.82, 2.24) is 9.88 Å². The summed E-state index contributed by atoms with van der Waals surface area (Å²) in [6, 6.07) is 5.72. The van der Waals surface area contributed by atoms with Gasteiger partial charge < -0.3 is 20.3 Å².